The van der Waals surface area contributed by atoms with E-state index in [1.54, 1.807) is 0 Å². The van der Waals surface area contributed by atoms with Gasteiger partial charge in [0.15, 0.2) is 0 Å². The van der Waals surface area contributed by atoms with Gasteiger partial charge >= 0.3 is 0 Å². The molecule has 0 bridgehead atoms. The van der Waals surface area contributed by atoms with E-state index in [4.69, 9.17) is 17.3 Å². The fraction of sp³-hybridized carbons (Fsp3) is 0.455. The Morgan fingerprint density at radius 2 is 2.25 bits per heavy atom. The molecular formula is C11H14ClFN2O. The molecule has 1 unspecified atom stereocenters. The van der Waals surface area contributed by atoms with Crippen molar-refractivity contribution in [1.29, 1.82) is 0 Å². The molecule has 0 radical (unpaired) electrons. The van der Waals surface area contributed by atoms with Crippen LogP contribution in [0.15, 0.2) is 12.1 Å². The van der Waals surface area contributed by atoms with E-state index in [9.17, 15) is 9.50 Å². The van der Waals surface area contributed by atoms with Crippen LogP contribution in [-0.2, 0) is 0 Å². The minimum Gasteiger partial charge on any atom is -0.397 e. The summed E-state index contributed by atoms with van der Waals surface area (Å²) in [6.45, 7) is 1.27. The maximum absolute atomic E-state index is 13.3. The molecule has 0 aliphatic carbocycles. The van der Waals surface area contributed by atoms with Gasteiger partial charge in [0.25, 0.3) is 0 Å². The second kappa shape index (κ2) is 4.47. The van der Waals surface area contributed by atoms with Gasteiger partial charge in [-0.25, -0.2) is 4.39 Å². The zero-order valence-corrected chi connectivity index (χ0v) is 9.54. The highest BCUT2D eigenvalue weighted by Gasteiger charge is 2.20. The molecular weight excluding hydrogens is 231 g/mol. The van der Waals surface area contributed by atoms with E-state index in [1.807, 2.05) is 4.90 Å². The van der Waals surface area contributed by atoms with E-state index in [0.29, 0.717) is 17.9 Å². The number of benzene rings is 1. The van der Waals surface area contributed by atoms with Crippen molar-refractivity contribution in [2.24, 2.45) is 0 Å². The molecule has 1 heterocycles. The molecule has 3 nitrogen and oxygen atoms in total. The summed E-state index contributed by atoms with van der Waals surface area (Å²) in [5.74, 6) is -0.481. The topological polar surface area (TPSA) is 49.5 Å². The quantitative estimate of drug-likeness (QED) is 0.743. The molecule has 1 aromatic carbocycles. The van der Waals surface area contributed by atoms with Gasteiger partial charge < -0.3 is 15.7 Å². The van der Waals surface area contributed by atoms with Crippen LogP contribution in [0.1, 0.15) is 12.8 Å². The minimum absolute atomic E-state index is 0.0267. The molecule has 5 heteroatoms. The number of hydrogen-bond donors (Lipinski definition) is 2. The van der Waals surface area contributed by atoms with Crippen LogP contribution >= 0.6 is 11.6 Å². The second-order valence-corrected chi connectivity index (χ2v) is 4.47. The van der Waals surface area contributed by atoms with Crippen LogP contribution in [-0.4, -0.2) is 24.3 Å². The third-order valence-corrected chi connectivity index (χ3v) is 3.10. The molecule has 1 atom stereocenters. The first-order valence-corrected chi connectivity index (χ1v) is 5.63. The summed E-state index contributed by atoms with van der Waals surface area (Å²) in [6, 6.07) is 2.74. The van der Waals surface area contributed by atoms with Crippen LogP contribution in [0.2, 0.25) is 5.02 Å². The highest BCUT2D eigenvalue weighted by molar-refractivity contribution is 6.31. The Bertz CT molecular complexity index is 400. The van der Waals surface area contributed by atoms with Gasteiger partial charge in [-0.15, -0.1) is 0 Å². The highest BCUT2D eigenvalue weighted by atomic mass is 35.5. The SMILES string of the molecule is Nc1cc(Cl)c(F)cc1N1CCCC(O)C1. The van der Waals surface area contributed by atoms with Gasteiger partial charge in [-0.05, 0) is 18.9 Å². The Labute approximate surface area is 98.6 Å². The van der Waals surface area contributed by atoms with Gasteiger partial charge in [-0.2, -0.15) is 0 Å². The first kappa shape index (κ1) is 11.5. The van der Waals surface area contributed by atoms with Crippen molar-refractivity contribution in [2.75, 3.05) is 23.7 Å². The van der Waals surface area contributed by atoms with Gasteiger partial charge in [0.1, 0.15) is 5.82 Å². The van der Waals surface area contributed by atoms with Crippen LogP contribution in [0.5, 0.6) is 0 Å². The molecule has 1 aliphatic rings. The number of halogens is 2. The number of rotatable bonds is 1. The Kier molecular flexibility index (Phi) is 3.21. The summed E-state index contributed by atoms with van der Waals surface area (Å²) in [6.07, 6.45) is 1.30. The first-order chi connectivity index (χ1) is 7.58. The third-order valence-electron chi connectivity index (χ3n) is 2.81. The van der Waals surface area contributed by atoms with Crippen molar-refractivity contribution < 1.29 is 9.50 Å². The smallest absolute Gasteiger partial charge is 0.144 e. The number of anilines is 2. The number of aliphatic hydroxyl groups excluding tert-OH is 1. The lowest BCUT2D eigenvalue weighted by molar-refractivity contribution is 0.154. The Balaban J connectivity index is 2.29. The van der Waals surface area contributed by atoms with Gasteiger partial charge in [-0.3, -0.25) is 0 Å². The summed E-state index contributed by atoms with van der Waals surface area (Å²) < 4.78 is 13.3. The van der Waals surface area contributed by atoms with E-state index in [0.717, 1.165) is 19.4 Å². The number of piperidine rings is 1. The first-order valence-electron chi connectivity index (χ1n) is 5.25. The van der Waals surface area contributed by atoms with Crippen molar-refractivity contribution in [2.45, 2.75) is 18.9 Å². The average Bonchev–Trinajstić information content (AvgIpc) is 2.23. The number of nitrogen functional groups attached to an aromatic ring is 1. The van der Waals surface area contributed by atoms with Gasteiger partial charge in [0.05, 0.1) is 22.5 Å². The molecule has 1 fully saturated rings. The van der Waals surface area contributed by atoms with Crippen LogP contribution in [0.3, 0.4) is 0 Å². The summed E-state index contributed by atoms with van der Waals surface area (Å²) >= 11 is 5.63. The zero-order valence-electron chi connectivity index (χ0n) is 8.79. The number of hydrogen-bond acceptors (Lipinski definition) is 3. The predicted molar refractivity (Wildman–Crippen MR) is 63.3 cm³/mol. The monoisotopic (exact) mass is 244 g/mol. The lowest BCUT2D eigenvalue weighted by Crippen LogP contribution is -2.38. The van der Waals surface area contributed by atoms with Crippen LogP contribution in [0.25, 0.3) is 0 Å². The molecule has 2 rings (SSSR count). The maximum atomic E-state index is 13.3. The lowest BCUT2D eigenvalue weighted by Gasteiger charge is -2.32. The summed E-state index contributed by atoms with van der Waals surface area (Å²) in [5.41, 5.74) is 6.85. The van der Waals surface area contributed by atoms with E-state index in [-0.39, 0.29) is 11.1 Å². The molecule has 88 valence electrons. The van der Waals surface area contributed by atoms with Crippen molar-refractivity contribution >= 4 is 23.0 Å². The largest absolute Gasteiger partial charge is 0.397 e. The molecule has 0 saturated carbocycles. The standard InChI is InChI=1S/C11H14ClFN2O/c12-8-4-10(14)11(5-9(8)13)15-3-1-2-7(16)6-15/h4-5,7,16H,1-3,6,14H2. The number of aliphatic hydroxyl groups is 1. The highest BCUT2D eigenvalue weighted by Crippen LogP contribution is 2.30. The van der Waals surface area contributed by atoms with Crippen LogP contribution in [0, 0.1) is 5.82 Å². The molecule has 3 N–H and O–H groups in total. The van der Waals surface area contributed by atoms with E-state index < -0.39 is 5.82 Å². The maximum Gasteiger partial charge on any atom is 0.144 e. The van der Waals surface area contributed by atoms with Crippen molar-refractivity contribution in [3.05, 3.63) is 23.0 Å². The molecule has 1 saturated heterocycles. The van der Waals surface area contributed by atoms with E-state index >= 15 is 0 Å². The molecule has 0 amide bonds. The predicted octanol–water partition coefficient (Wildman–Crippen LogP) is 2.02. The fourth-order valence-corrected chi connectivity index (χ4v) is 2.17. The fourth-order valence-electron chi connectivity index (χ4n) is 2.00. The molecule has 1 aromatic rings. The van der Waals surface area contributed by atoms with Crippen molar-refractivity contribution in [3.63, 3.8) is 0 Å². The van der Waals surface area contributed by atoms with Gasteiger partial charge in [0.2, 0.25) is 0 Å². The van der Waals surface area contributed by atoms with Crippen molar-refractivity contribution in [3.8, 4) is 0 Å². The van der Waals surface area contributed by atoms with E-state index in [2.05, 4.69) is 0 Å². The third kappa shape index (κ3) is 2.23. The normalized spacial score (nSPS) is 21.2. The summed E-state index contributed by atoms with van der Waals surface area (Å²) in [4.78, 5) is 1.89. The number of nitrogens with zero attached hydrogens (tertiary/aromatic N) is 1. The second-order valence-electron chi connectivity index (χ2n) is 4.07. The minimum atomic E-state index is -0.481. The summed E-state index contributed by atoms with van der Waals surface area (Å²) in [5, 5.41) is 9.58. The Morgan fingerprint density at radius 1 is 1.50 bits per heavy atom. The van der Waals surface area contributed by atoms with Gasteiger partial charge in [0, 0.05) is 19.2 Å². The average molecular weight is 245 g/mol. The van der Waals surface area contributed by atoms with Gasteiger partial charge in [-0.1, -0.05) is 11.6 Å². The van der Waals surface area contributed by atoms with Crippen LogP contribution < -0.4 is 10.6 Å². The number of nitrogens with two attached hydrogens (primary N) is 1. The lowest BCUT2D eigenvalue weighted by atomic mass is 10.1. The molecule has 0 spiro atoms. The number of β-amino-alcohol motifs (C(OH)–C–C–N with tert-alkyl or cyclic N) is 1. The van der Waals surface area contributed by atoms with Crippen molar-refractivity contribution in [1.82, 2.24) is 0 Å². The zero-order chi connectivity index (χ0) is 11.7. The van der Waals surface area contributed by atoms with E-state index in [1.165, 1.54) is 12.1 Å². The molecule has 0 aromatic heterocycles. The summed E-state index contributed by atoms with van der Waals surface area (Å²) in [7, 11) is 0. The molecule has 1 aliphatic heterocycles. The van der Waals surface area contributed by atoms with Crippen LogP contribution in [0.4, 0.5) is 15.8 Å². The molecule has 16 heavy (non-hydrogen) atoms. The Hall–Kier alpha value is -1.00. The Morgan fingerprint density at radius 3 is 2.94 bits per heavy atom.